The van der Waals surface area contributed by atoms with E-state index in [9.17, 15) is 31.9 Å². The van der Waals surface area contributed by atoms with Crippen molar-refractivity contribution in [1.29, 1.82) is 0 Å². The number of carbonyl (C=O) groups excluding carboxylic acids is 2. The molecule has 0 saturated heterocycles. The van der Waals surface area contributed by atoms with Gasteiger partial charge < -0.3 is 24.8 Å². The summed E-state index contributed by atoms with van der Waals surface area (Å²) in [6.45, 7) is 0.494. The van der Waals surface area contributed by atoms with Crippen LogP contribution in [0.25, 0.3) is 5.57 Å². The van der Waals surface area contributed by atoms with Gasteiger partial charge in [-0.05, 0) is 41.5 Å². The van der Waals surface area contributed by atoms with Gasteiger partial charge in [0.1, 0.15) is 23.4 Å². The fourth-order valence-corrected chi connectivity index (χ4v) is 3.86. The van der Waals surface area contributed by atoms with Gasteiger partial charge in [-0.2, -0.15) is 18.3 Å². The minimum Gasteiger partial charge on any atom is -0.542 e. The van der Waals surface area contributed by atoms with Crippen molar-refractivity contribution in [3.63, 3.8) is 0 Å². The highest BCUT2D eigenvalue weighted by molar-refractivity contribution is 5.82. The van der Waals surface area contributed by atoms with Crippen molar-refractivity contribution >= 4 is 17.6 Å². The molecule has 0 saturated carbocycles. The molecule has 38 heavy (non-hydrogen) atoms. The summed E-state index contributed by atoms with van der Waals surface area (Å²) in [6, 6.07) is 9.08. The Morgan fingerprint density at radius 2 is 1.89 bits per heavy atom. The first-order valence-electron chi connectivity index (χ1n) is 11.0. The number of carboxylic acids is 1. The van der Waals surface area contributed by atoms with E-state index in [1.165, 1.54) is 0 Å². The average molecular weight is 538 g/mol. The molecule has 0 spiro atoms. The number of hydrogen-bond donors (Lipinski definition) is 2. The highest BCUT2D eigenvalue weighted by atomic mass is 19.4. The number of halogens is 5. The number of phenols is 1. The number of H-pyrrole nitrogens is 1. The lowest BCUT2D eigenvalue weighted by Gasteiger charge is -2.29. The third-order valence-electron chi connectivity index (χ3n) is 5.56. The zero-order valence-electron chi connectivity index (χ0n) is 20.2. The van der Waals surface area contributed by atoms with Crippen LogP contribution in [-0.2, 0) is 18.4 Å². The molecule has 2 N–H and O–H groups in total. The molecule has 3 aromatic rings. The van der Waals surface area contributed by atoms with Gasteiger partial charge in [0.05, 0.1) is 24.3 Å². The van der Waals surface area contributed by atoms with E-state index in [-0.39, 0.29) is 23.9 Å². The first kappa shape index (κ1) is 28.2. The second kappa shape index (κ2) is 11.3. The van der Waals surface area contributed by atoms with Crippen molar-refractivity contribution in [2.75, 3.05) is 13.6 Å². The number of rotatable bonds is 4. The molecule has 0 aliphatic carbocycles. The van der Waals surface area contributed by atoms with E-state index in [4.69, 9.17) is 9.90 Å². The van der Waals surface area contributed by atoms with E-state index in [1.54, 1.807) is 51.9 Å². The summed E-state index contributed by atoms with van der Waals surface area (Å²) in [6.07, 6.45) is 0.243. The maximum absolute atomic E-state index is 14.4. The van der Waals surface area contributed by atoms with Crippen LogP contribution in [0.3, 0.4) is 0 Å². The summed E-state index contributed by atoms with van der Waals surface area (Å²) >= 11 is 0. The number of aromatic nitrogens is 2. The van der Waals surface area contributed by atoms with Gasteiger partial charge in [-0.1, -0.05) is 18.2 Å². The van der Waals surface area contributed by atoms with Crippen LogP contribution >= 0.6 is 0 Å². The topological polar surface area (TPSA) is 104 Å². The van der Waals surface area contributed by atoms with E-state index >= 15 is 0 Å². The van der Waals surface area contributed by atoms with Crippen molar-refractivity contribution in [1.82, 2.24) is 14.9 Å². The van der Waals surface area contributed by atoms with E-state index in [2.05, 4.69) is 5.10 Å². The Bertz CT molecular complexity index is 1360. The van der Waals surface area contributed by atoms with Crippen LogP contribution in [0.1, 0.15) is 22.7 Å². The number of hydrogen-bond acceptors (Lipinski definition) is 4. The number of aryl methyl sites for hydroxylation is 1. The number of urea groups is 1. The summed E-state index contributed by atoms with van der Waals surface area (Å²) in [5.74, 6) is -4.04. The van der Waals surface area contributed by atoms with Crippen molar-refractivity contribution < 1.29 is 46.4 Å². The molecule has 1 aliphatic rings. The van der Waals surface area contributed by atoms with Gasteiger partial charge in [0.15, 0.2) is 13.2 Å². The lowest BCUT2D eigenvalue weighted by atomic mass is 10.0. The highest BCUT2D eigenvalue weighted by Gasteiger charge is 2.34. The van der Waals surface area contributed by atoms with Crippen molar-refractivity contribution in [2.24, 2.45) is 7.05 Å². The van der Waals surface area contributed by atoms with Crippen LogP contribution in [0.5, 0.6) is 5.75 Å². The van der Waals surface area contributed by atoms with Crippen molar-refractivity contribution in [2.45, 2.75) is 18.8 Å². The van der Waals surface area contributed by atoms with E-state index in [0.29, 0.717) is 17.7 Å². The lowest BCUT2D eigenvalue weighted by Crippen LogP contribution is -2.41. The van der Waals surface area contributed by atoms with Gasteiger partial charge >= 0.3 is 12.2 Å². The molecule has 1 aliphatic heterocycles. The van der Waals surface area contributed by atoms with Crippen LogP contribution in [0.2, 0.25) is 0 Å². The fraction of sp³-hybridized carbons (Fsp3) is 0.240. The SMILES string of the molecule is CN(Cc1c[nH][n+](C)c1)C(=O)N1CC(c2cc(F)ccc2F)=CC1c1cccc(O)c1.O=C([O-])C(F)(F)F. The molecule has 1 unspecified atom stereocenters. The number of benzene rings is 2. The molecule has 13 heteroatoms. The monoisotopic (exact) mass is 538 g/mol. The Labute approximate surface area is 213 Å². The van der Waals surface area contributed by atoms with Crippen molar-refractivity contribution in [3.05, 3.63) is 89.3 Å². The van der Waals surface area contributed by atoms with Crippen LogP contribution in [0, 0.1) is 11.6 Å². The molecule has 8 nitrogen and oxygen atoms in total. The maximum atomic E-state index is 14.4. The first-order chi connectivity index (χ1) is 17.8. The number of amides is 2. The number of nitrogens with zero attached hydrogens (tertiary/aromatic N) is 3. The second-order valence-electron chi connectivity index (χ2n) is 8.50. The second-order valence-corrected chi connectivity index (χ2v) is 8.50. The van der Waals surface area contributed by atoms with Crippen LogP contribution in [0.15, 0.2) is 60.9 Å². The third-order valence-corrected chi connectivity index (χ3v) is 5.56. The molecule has 4 rings (SSSR count). The molecular weight excluding hydrogens is 515 g/mol. The number of alkyl halides is 3. The predicted octanol–water partition coefficient (Wildman–Crippen LogP) is 2.81. The highest BCUT2D eigenvalue weighted by Crippen LogP contribution is 2.37. The first-order valence-corrected chi connectivity index (χ1v) is 11.0. The van der Waals surface area contributed by atoms with Gasteiger partial charge in [0.25, 0.3) is 0 Å². The van der Waals surface area contributed by atoms with Crippen LogP contribution in [0.4, 0.5) is 26.7 Å². The lowest BCUT2D eigenvalue weighted by molar-refractivity contribution is -0.727. The number of carbonyl (C=O) groups is 2. The predicted molar refractivity (Wildman–Crippen MR) is 122 cm³/mol. The Hall–Kier alpha value is -4.42. The Morgan fingerprint density at radius 3 is 2.47 bits per heavy atom. The van der Waals surface area contributed by atoms with Gasteiger partial charge in [-0.25, -0.2) is 13.6 Å². The maximum Gasteiger partial charge on any atom is 0.430 e. The molecule has 2 amide bonds. The largest absolute Gasteiger partial charge is 0.542 e. The zero-order chi connectivity index (χ0) is 28.2. The number of aromatic hydroxyl groups is 1. The standard InChI is InChI=1S/C23H22F2N4O2.C2HF3O2/c1-27(12-15-11-26-28(2)13-15)23(31)29-14-17(20-10-18(24)6-7-21(20)25)9-22(29)16-4-3-5-19(30)8-16;3-2(4,5)1(6)7/h3-11,13,22,30H,12,14H2,1-2H3;(H,6,7). The summed E-state index contributed by atoms with van der Waals surface area (Å²) in [5, 5.41) is 21.7. The number of aliphatic carboxylic acids is 1. The minimum atomic E-state index is -5.19. The zero-order valence-corrected chi connectivity index (χ0v) is 20.2. The summed E-state index contributed by atoms with van der Waals surface area (Å²) < 4.78 is 61.5. The van der Waals surface area contributed by atoms with Gasteiger partial charge in [-0.3, -0.25) is 0 Å². The van der Waals surface area contributed by atoms with E-state index in [1.807, 2.05) is 19.4 Å². The fourth-order valence-electron chi connectivity index (χ4n) is 3.86. The molecule has 2 heterocycles. The van der Waals surface area contributed by atoms with E-state index in [0.717, 1.165) is 23.8 Å². The molecule has 202 valence electrons. The number of nitrogens with one attached hydrogen (secondary N) is 1. The third kappa shape index (κ3) is 6.87. The number of phenolic OH excluding ortho intramolecular Hbond substituents is 1. The number of aromatic amines is 1. The number of carboxylic acid groups (broad SMARTS) is 1. The molecule has 0 fully saturated rings. The Balaban J connectivity index is 0.000000505. The quantitative estimate of drug-likeness (QED) is 0.394. The normalized spacial score (nSPS) is 15.0. The van der Waals surface area contributed by atoms with Crippen LogP contribution < -0.4 is 9.79 Å². The Morgan fingerprint density at radius 1 is 1.21 bits per heavy atom. The van der Waals surface area contributed by atoms with Gasteiger partial charge in [0, 0.05) is 19.2 Å². The minimum absolute atomic E-state index is 0.0665. The Kier molecular flexibility index (Phi) is 8.39. The summed E-state index contributed by atoms with van der Waals surface area (Å²) in [7, 11) is 3.54. The molecule has 1 atom stereocenters. The van der Waals surface area contributed by atoms with Crippen molar-refractivity contribution in [3.8, 4) is 5.75 Å². The molecule has 0 radical (unpaired) electrons. The average Bonchev–Trinajstić information content (AvgIpc) is 3.46. The summed E-state index contributed by atoms with van der Waals surface area (Å²) in [4.78, 5) is 25.3. The molecule has 0 bridgehead atoms. The van der Waals surface area contributed by atoms with E-state index < -0.39 is 29.8 Å². The molecule has 2 aromatic carbocycles. The van der Waals surface area contributed by atoms with Gasteiger partial charge in [-0.15, -0.1) is 4.68 Å². The molecule has 1 aromatic heterocycles. The summed E-state index contributed by atoms with van der Waals surface area (Å²) in [5.41, 5.74) is 2.25. The van der Waals surface area contributed by atoms with Gasteiger partial charge in [0.2, 0.25) is 0 Å². The molecular formula is C25H23F5N4O4. The van der Waals surface area contributed by atoms with Crippen LogP contribution in [-0.4, -0.2) is 51.8 Å². The smallest absolute Gasteiger partial charge is 0.430 e.